The number of pyridine rings is 1. The fourth-order valence-electron chi connectivity index (χ4n) is 1.46. The summed E-state index contributed by atoms with van der Waals surface area (Å²) >= 11 is 12.9. The van der Waals surface area contributed by atoms with Crippen molar-refractivity contribution in [2.75, 3.05) is 12.4 Å². The van der Waals surface area contributed by atoms with E-state index in [-0.39, 0.29) is 0 Å². The monoisotopic (exact) mass is 404 g/mol. The van der Waals surface area contributed by atoms with Crippen LogP contribution in [0.2, 0.25) is 5.02 Å². The van der Waals surface area contributed by atoms with Crippen molar-refractivity contribution >= 4 is 49.3 Å². The van der Waals surface area contributed by atoms with E-state index in [1.165, 1.54) is 0 Å². The van der Waals surface area contributed by atoms with Crippen molar-refractivity contribution in [2.45, 2.75) is 6.61 Å². The first-order chi connectivity index (χ1) is 9.10. The highest BCUT2D eigenvalue weighted by atomic mass is 79.9. The highest BCUT2D eigenvalue weighted by Crippen LogP contribution is 2.29. The molecule has 2 aromatic rings. The molecule has 0 atom stereocenters. The molecule has 0 amide bonds. The van der Waals surface area contributed by atoms with Crippen LogP contribution in [0.5, 0.6) is 5.75 Å². The summed E-state index contributed by atoms with van der Waals surface area (Å²) in [5.41, 5.74) is 0.698. The summed E-state index contributed by atoms with van der Waals surface area (Å²) in [5, 5.41) is 3.56. The largest absolute Gasteiger partial charge is 0.486 e. The molecule has 1 heterocycles. The molecule has 2 rings (SSSR count). The van der Waals surface area contributed by atoms with Crippen molar-refractivity contribution in [1.29, 1.82) is 0 Å². The van der Waals surface area contributed by atoms with Crippen molar-refractivity contribution in [2.24, 2.45) is 0 Å². The van der Waals surface area contributed by atoms with E-state index in [1.54, 1.807) is 6.07 Å². The molecule has 0 unspecified atom stereocenters. The van der Waals surface area contributed by atoms with Crippen LogP contribution >= 0.6 is 43.5 Å². The lowest BCUT2D eigenvalue weighted by Crippen LogP contribution is -2.02. The fraction of sp³-hybridized carbons (Fsp3) is 0.154. The molecule has 0 radical (unpaired) electrons. The standard InChI is InChI=1S/C13H11Br2ClN2O/c1-17-13-5-3-10(16)11(18-13)7-19-12-4-2-8(14)6-9(12)15/h2-6H,7H2,1H3,(H,17,18). The summed E-state index contributed by atoms with van der Waals surface area (Å²) in [6.07, 6.45) is 0. The van der Waals surface area contributed by atoms with Gasteiger partial charge in [-0.05, 0) is 46.3 Å². The molecule has 19 heavy (non-hydrogen) atoms. The Bertz CT molecular complexity index is 593. The van der Waals surface area contributed by atoms with E-state index >= 15 is 0 Å². The van der Waals surface area contributed by atoms with E-state index in [0.29, 0.717) is 17.3 Å². The molecule has 0 spiro atoms. The van der Waals surface area contributed by atoms with Crippen LogP contribution in [0.4, 0.5) is 5.82 Å². The Morgan fingerprint density at radius 1 is 1.26 bits per heavy atom. The maximum Gasteiger partial charge on any atom is 0.134 e. The van der Waals surface area contributed by atoms with Crippen molar-refractivity contribution in [1.82, 2.24) is 4.98 Å². The lowest BCUT2D eigenvalue weighted by Gasteiger charge is -2.10. The number of benzene rings is 1. The number of halogens is 3. The number of nitrogens with zero attached hydrogens (tertiary/aromatic N) is 1. The van der Waals surface area contributed by atoms with Crippen LogP contribution in [0.3, 0.4) is 0 Å². The van der Waals surface area contributed by atoms with Crippen LogP contribution in [0.1, 0.15) is 5.69 Å². The molecule has 6 heteroatoms. The van der Waals surface area contributed by atoms with E-state index in [1.807, 2.05) is 31.3 Å². The Balaban J connectivity index is 2.14. The maximum absolute atomic E-state index is 6.09. The number of anilines is 1. The third-order valence-electron chi connectivity index (χ3n) is 2.43. The second kappa shape index (κ2) is 6.59. The van der Waals surface area contributed by atoms with Gasteiger partial charge in [-0.2, -0.15) is 0 Å². The molecule has 3 nitrogen and oxygen atoms in total. The molecule has 1 aromatic heterocycles. The van der Waals surface area contributed by atoms with Gasteiger partial charge in [-0.1, -0.05) is 27.5 Å². The van der Waals surface area contributed by atoms with Gasteiger partial charge in [0.2, 0.25) is 0 Å². The minimum Gasteiger partial charge on any atom is -0.486 e. The molecule has 1 N–H and O–H groups in total. The van der Waals surface area contributed by atoms with Gasteiger partial charge in [-0.3, -0.25) is 0 Å². The Kier molecular flexibility index (Phi) is 5.07. The number of ether oxygens (including phenoxy) is 1. The molecule has 100 valence electrons. The molecule has 0 aliphatic rings. The number of rotatable bonds is 4. The summed E-state index contributed by atoms with van der Waals surface area (Å²) in [7, 11) is 1.81. The van der Waals surface area contributed by atoms with Crippen LogP contribution in [-0.2, 0) is 6.61 Å². The molecule has 0 aliphatic carbocycles. The molecule has 0 saturated heterocycles. The Hall–Kier alpha value is -0.780. The smallest absolute Gasteiger partial charge is 0.134 e. The maximum atomic E-state index is 6.09. The number of aromatic nitrogens is 1. The van der Waals surface area contributed by atoms with E-state index < -0.39 is 0 Å². The Morgan fingerprint density at radius 2 is 2.05 bits per heavy atom. The van der Waals surface area contributed by atoms with E-state index in [9.17, 15) is 0 Å². The summed E-state index contributed by atoms with van der Waals surface area (Å²) in [6.45, 7) is 0.314. The van der Waals surface area contributed by atoms with Gasteiger partial charge >= 0.3 is 0 Å². The van der Waals surface area contributed by atoms with Gasteiger partial charge in [0.15, 0.2) is 0 Å². The van der Waals surface area contributed by atoms with Gasteiger partial charge < -0.3 is 10.1 Å². The van der Waals surface area contributed by atoms with E-state index in [4.69, 9.17) is 16.3 Å². The first-order valence-electron chi connectivity index (χ1n) is 5.51. The Morgan fingerprint density at radius 3 is 2.74 bits per heavy atom. The van der Waals surface area contributed by atoms with Crippen LogP contribution in [0.25, 0.3) is 0 Å². The predicted molar refractivity (Wildman–Crippen MR) is 85.0 cm³/mol. The van der Waals surface area contributed by atoms with Gasteiger partial charge in [0.1, 0.15) is 18.2 Å². The molecule has 0 fully saturated rings. The zero-order valence-electron chi connectivity index (χ0n) is 10.1. The molecular weight excluding hydrogens is 395 g/mol. The van der Waals surface area contributed by atoms with Crippen LogP contribution in [-0.4, -0.2) is 12.0 Å². The Labute approximate surface area is 133 Å². The lowest BCUT2D eigenvalue weighted by atomic mass is 10.3. The van der Waals surface area contributed by atoms with Crippen LogP contribution in [0, 0.1) is 0 Å². The minimum absolute atomic E-state index is 0.314. The van der Waals surface area contributed by atoms with Gasteiger partial charge in [0.05, 0.1) is 15.2 Å². The zero-order valence-corrected chi connectivity index (χ0v) is 14.0. The number of hydrogen-bond acceptors (Lipinski definition) is 3. The summed E-state index contributed by atoms with van der Waals surface area (Å²) in [5.74, 6) is 1.51. The second-order valence-corrected chi connectivity index (χ2v) is 5.92. The summed E-state index contributed by atoms with van der Waals surface area (Å²) in [6, 6.07) is 9.34. The molecule has 0 aliphatic heterocycles. The lowest BCUT2D eigenvalue weighted by molar-refractivity contribution is 0.299. The number of hydrogen-bond donors (Lipinski definition) is 1. The van der Waals surface area contributed by atoms with Crippen LogP contribution in [0.15, 0.2) is 39.3 Å². The highest BCUT2D eigenvalue weighted by molar-refractivity contribution is 9.11. The molecular formula is C13H11Br2ClN2O. The predicted octanol–water partition coefficient (Wildman–Crippen LogP) is 4.88. The summed E-state index contributed by atoms with van der Waals surface area (Å²) in [4.78, 5) is 4.36. The number of nitrogens with one attached hydrogen (secondary N) is 1. The van der Waals surface area contributed by atoms with Crippen molar-refractivity contribution < 1.29 is 4.74 Å². The van der Waals surface area contributed by atoms with Crippen molar-refractivity contribution in [3.05, 3.63) is 50.0 Å². The van der Waals surface area contributed by atoms with E-state index in [2.05, 4.69) is 42.2 Å². The topological polar surface area (TPSA) is 34.1 Å². The second-order valence-electron chi connectivity index (χ2n) is 3.74. The third-order valence-corrected chi connectivity index (χ3v) is 3.89. The van der Waals surface area contributed by atoms with Crippen LogP contribution < -0.4 is 10.1 Å². The normalized spacial score (nSPS) is 10.3. The molecule has 1 aromatic carbocycles. The minimum atomic E-state index is 0.314. The third kappa shape index (κ3) is 3.84. The van der Waals surface area contributed by atoms with Gasteiger partial charge in [0.25, 0.3) is 0 Å². The summed E-state index contributed by atoms with van der Waals surface area (Å²) < 4.78 is 7.58. The molecule has 0 bridgehead atoms. The van der Waals surface area contributed by atoms with Crippen molar-refractivity contribution in [3.63, 3.8) is 0 Å². The molecule has 0 saturated carbocycles. The average Bonchev–Trinajstić information content (AvgIpc) is 2.39. The highest BCUT2D eigenvalue weighted by Gasteiger charge is 2.07. The quantitative estimate of drug-likeness (QED) is 0.786. The van der Waals surface area contributed by atoms with Gasteiger partial charge in [0, 0.05) is 11.5 Å². The van der Waals surface area contributed by atoms with Gasteiger partial charge in [-0.15, -0.1) is 0 Å². The fourth-order valence-corrected chi connectivity index (χ4v) is 2.78. The average molecular weight is 407 g/mol. The van der Waals surface area contributed by atoms with Gasteiger partial charge in [-0.25, -0.2) is 4.98 Å². The van der Waals surface area contributed by atoms with Crippen molar-refractivity contribution in [3.8, 4) is 5.75 Å². The zero-order chi connectivity index (χ0) is 13.8. The first kappa shape index (κ1) is 14.6. The SMILES string of the molecule is CNc1ccc(Cl)c(COc2ccc(Br)cc2Br)n1. The first-order valence-corrected chi connectivity index (χ1v) is 7.47. The van der Waals surface area contributed by atoms with E-state index in [0.717, 1.165) is 20.5 Å².